The number of hydrogen-bond donors (Lipinski definition) is 1. The van der Waals surface area contributed by atoms with Crippen LogP contribution in [0.1, 0.15) is 17.4 Å². The smallest absolute Gasteiger partial charge is 0.138 e. The van der Waals surface area contributed by atoms with E-state index in [1.165, 1.54) is 0 Å². The van der Waals surface area contributed by atoms with Gasteiger partial charge in [-0.1, -0.05) is 46.9 Å². The monoisotopic (exact) mass is 326 g/mol. The van der Waals surface area contributed by atoms with E-state index in [1.54, 1.807) is 42.5 Å². The van der Waals surface area contributed by atoms with Gasteiger partial charge in [-0.25, -0.2) is 0 Å². The molecule has 0 bridgehead atoms. The molecule has 1 unspecified atom stereocenters. The van der Waals surface area contributed by atoms with Gasteiger partial charge >= 0.3 is 0 Å². The lowest BCUT2D eigenvalue weighted by atomic mass is 10.1. The summed E-state index contributed by atoms with van der Waals surface area (Å²) in [7, 11) is 0. The Morgan fingerprint density at radius 3 is 2.60 bits per heavy atom. The number of rotatable bonds is 2. The molecule has 0 saturated carbocycles. The van der Waals surface area contributed by atoms with Gasteiger partial charge in [0.25, 0.3) is 0 Å². The third-order valence-electron chi connectivity index (χ3n) is 3.04. The highest BCUT2D eigenvalue weighted by atomic mass is 35.5. The van der Waals surface area contributed by atoms with Crippen LogP contribution in [0.15, 0.2) is 46.9 Å². The van der Waals surface area contributed by atoms with E-state index in [0.29, 0.717) is 32.0 Å². The highest BCUT2D eigenvalue weighted by molar-refractivity contribution is 6.42. The summed E-state index contributed by atoms with van der Waals surface area (Å²) in [5.41, 5.74) is 1.16. The zero-order chi connectivity index (χ0) is 14.3. The fourth-order valence-corrected chi connectivity index (χ4v) is 2.65. The summed E-state index contributed by atoms with van der Waals surface area (Å²) in [5, 5.41) is 12.5. The van der Waals surface area contributed by atoms with Crippen LogP contribution < -0.4 is 0 Å². The Bertz CT molecular complexity index is 780. The molecule has 3 rings (SSSR count). The molecule has 1 aromatic heterocycles. The van der Waals surface area contributed by atoms with Crippen molar-refractivity contribution in [3.63, 3.8) is 0 Å². The number of halogens is 3. The van der Waals surface area contributed by atoms with Crippen molar-refractivity contribution in [3.8, 4) is 0 Å². The first-order valence-corrected chi connectivity index (χ1v) is 7.00. The van der Waals surface area contributed by atoms with Gasteiger partial charge in [0, 0.05) is 16.0 Å². The van der Waals surface area contributed by atoms with Gasteiger partial charge in [0.05, 0.1) is 10.0 Å². The molecular weight excluding hydrogens is 319 g/mol. The molecule has 0 aliphatic heterocycles. The summed E-state index contributed by atoms with van der Waals surface area (Å²) in [6.07, 6.45) is -0.979. The van der Waals surface area contributed by atoms with Gasteiger partial charge in [-0.15, -0.1) is 0 Å². The van der Waals surface area contributed by atoms with E-state index in [9.17, 15) is 5.11 Å². The Morgan fingerprint density at radius 2 is 1.80 bits per heavy atom. The molecule has 0 radical (unpaired) electrons. The Morgan fingerprint density at radius 1 is 1.00 bits per heavy atom. The van der Waals surface area contributed by atoms with Crippen LogP contribution in [0.5, 0.6) is 0 Å². The van der Waals surface area contributed by atoms with Crippen molar-refractivity contribution in [2.24, 2.45) is 0 Å². The molecule has 0 saturated heterocycles. The molecule has 20 heavy (non-hydrogen) atoms. The largest absolute Gasteiger partial charge is 0.458 e. The van der Waals surface area contributed by atoms with Crippen molar-refractivity contribution in [1.29, 1.82) is 0 Å². The molecule has 102 valence electrons. The number of furan rings is 1. The summed E-state index contributed by atoms with van der Waals surface area (Å²) in [6, 6.07) is 12.1. The van der Waals surface area contributed by atoms with Crippen LogP contribution in [0.4, 0.5) is 0 Å². The second-order valence-corrected chi connectivity index (χ2v) is 5.60. The predicted molar refractivity (Wildman–Crippen MR) is 81.7 cm³/mol. The van der Waals surface area contributed by atoms with Crippen LogP contribution in [-0.4, -0.2) is 5.11 Å². The zero-order valence-electron chi connectivity index (χ0n) is 10.1. The summed E-state index contributed by atoms with van der Waals surface area (Å²) in [5.74, 6) is 0.395. The van der Waals surface area contributed by atoms with Crippen molar-refractivity contribution in [3.05, 3.63) is 68.9 Å². The molecule has 0 spiro atoms. The van der Waals surface area contributed by atoms with Crippen LogP contribution in [0.25, 0.3) is 11.0 Å². The van der Waals surface area contributed by atoms with Crippen molar-refractivity contribution in [2.75, 3.05) is 0 Å². The topological polar surface area (TPSA) is 33.4 Å². The average Bonchev–Trinajstić information content (AvgIpc) is 2.84. The standard InChI is InChI=1S/C15H9Cl3O2/c16-9-4-5-12-8(6-9)7-13(20-12)15(19)10-2-1-3-11(17)14(10)18/h1-7,15,19H. The quantitative estimate of drug-likeness (QED) is 0.676. The van der Waals surface area contributed by atoms with Crippen LogP contribution in [0.2, 0.25) is 15.1 Å². The number of aliphatic hydroxyl groups excluding tert-OH is 1. The van der Waals surface area contributed by atoms with Gasteiger partial charge in [-0.05, 0) is 30.3 Å². The van der Waals surface area contributed by atoms with E-state index in [0.717, 1.165) is 5.39 Å². The fourth-order valence-electron chi connectivity index (χ4n) is 2.05. The third kappa shape index (κ3) is 2.40. The van der Waals surface area contributed by atoms with Gasteiger partial charge in [-0.3, -0.25) is 0 Å². The zero-order valence-corrected chi connectivity index (χ0v) is 12.4. The SMILES string of the molecule is OC(c1cc2cc(Cl)ccc2o1)c1cccc(Cl)c1Cl. The molecule has 0 aliphatic rings. The van der Waals surface area contributed by atoms with Crippen LogP contribution in [0, 0.1) is 0 Å². The predicted octanol–water partition coefficient (Wildman–Crippen LogP) is 5.47. The van der Waals surface area contributed by atoms with E-state index in [4.69, 9.17) is 39.2 Å². The second-order valence-electron chi connectivity index (χ2n) is 4.38. The first-order chi connectivity index (χ1) is 9.56. The average molecular weight is 328 g/mol. The molecule has 0 fully saturated rings. The Hall–Kier alpha value is -1.19. The Labute approximate surface area is 130 Å². The molecule has 2 nitrogen and oxygen atoms in total. The first-order valence-electron chi connectivity index (χ1n) is 5.87. The van der Waals surface area contributed by atoms with Crippen molar-refractivity contribution < 1.29 is 9.52 Å². The van der Waals surface area contributed by atoms with Crippen molar-refractivity contribution in [1.82, 2.24) is 0 Å². The lowest BCUT2D eigenvalue weighted by Gasteiger charge is -2.10. The number of fused-ring (bicyclic) bond motifs is 1. The van der Waals surface area contributed by atoms with Crippen LogP contribution in [0.3, 0.4) is 0 Å². The minimum absolute atomic E-state index is 0.320. The lowest BCUT2D eigenvalue weighted by molar-refractivity contribution is 0.192. The summed E-state index contributed by atoms with van der Waals surface area (Å²) in [4.78, 5) is 0. The molecule has 1 atom stereocenters. The van der Waals surface area contributed by atoms with E-state index < -0.39 is 6.10 Å². The maximum absolute atomic E-state index is 10.4. The van der Waals surface area contributed by atoms with E-state index in [1.807, 2.05) is 0 Å². The first kappa shape index (κ1) is 13.8. The molecular formula is C15H9Cl3O2. The minimum Gasteiger partial charge on any atom is -0.458 e. The maximum Gasteiger partial charge on any atom is 0.138 e. The van der Waals surface area contributed by atoms with Gasteiger partial charge in [-0.2, -0.15) is 0 Å². The van der Waals surface area contributed by atoms with Crippen molar-refractivity contribution in [2.45, 2.75) is 6.10 Å². The van der Waals surface area contributed by atoms with E-state index in [2.05, 4.69) is 0 Å². The number of hydrogen-bond acceptors (Lipinski definition) is 2. The molecule has 5 heteroatoms. The van der Waals surface area contributed by atoms with Gasteiger partial charge in [0.1, 0.15) is 17.4 Å². The highest BCUT2D eigenvalue weighted by Gasteiger charge is 2.19. The van der Waals surface area contributed by atoms with E-state index in [-0.39, 0.29) is 0 Å². The third-order valence-corrected chi connectivity index (χ3v) is 4.11. The Balaban J connectivity index is 2.08. The van der Waals surface area contributed by atoms with Crippen LogP contribution >= 0.6 is 34.8 Å². The van der Waals surface area contributed by atoms with Gasteiger partial charge in [0.15, 0.2) is 0 Å². The maximum atomic E-state index is 10.4. The van der Waals surface area contributed by atoms with Crippen molar-refractivity contribution >= 4 is 45.8 Å². The Kier molecular flexibility index (Phi) is 3.65. The summed E-state index contributed by atoms with van der Waals surface area (Å²) >= 11 is 18.0. The molecule has 1 N–H and O–H groups in total. The molecule has 0 amide bonds. The van der Waals surface area contributed by atoms with Gasteiger partial charge < -0.3 is 9.52 Å². The minimum atomic E-state index is -0.979. The highest BCUT2D eigenvalue weighted by Crippen LogP contribution is 2.35. The number of aliphatic hydroxyl groups is 1. The van der Waals surface area contributed by atoms with Crippen LogP contribution in [-0.2, 0) is 0 Å². The summed E-state index contributed by atoms with van der Waals surface area (Å²) < 4.78 is 5.62. The molecule has 0 aliphatic carbocycles. The molecule has 2 aromatic carbocycles. The molecule has 3 aromatic rings. The lowest BCUT2D eigenvalue weighted by Crippen LogP contribution is -1.99. The van der Waals surface area contributed by atoms with Gasteiger partial charge in [0.2, 0.25) is 0 Å². The van der Waals surface area contributed by atoms with E-state index >= 15 is 0 Å². The second kappa shape index (κ2) is 5.30. The number of benzene rings is 2. The fraction of sp³-hybridized carbons (Fsp3) is 0.0667. The molecule has 1 heterocycles. The normalized spacial score (nSPS) is 12.8. The summed E-state index contributed by atoms with van der Waals surface area (Å²) in [6.45, 7) is 0.